The molecule has 1 aromatic carbocycles. The Balaban J connectivity index is 1.53. The van der Waals surface area contributed by atoms with E-state index in [9.17, 15) is 9.59 Å². The molecule has 13 heteroatoms. The van der Waals surface area contributed by atoms with Gasteiger partial charge in [0, 0.05) is 49.4 Å². The van der Waals surface area contributed by atoms with Crippen LogP contribution >= 0.6 is 0 Å². The molecule has 0 aliphatic heterocycles. The first-order chi connectivity index (χ1) is 20.7. The van der Waals surface area contributed by atoms with Crippen LogP contribution in [-0.2, 0) is 18.8 Å². The Morgan fingerprint density at radius 2 is 2.00 bits per heavy atom. The van der Waals surface area contributed by atoms with E-state index >= 15 is 4.39 Å². The summed E-state index contributed by atoms with van der Waals surface area (Å²) in [6, 6.07) is 5.66. The Labute approximate surface area is 245 Å². The molecule has 43 heavy (non-hydrogen) atoms. The van der Waals surface area contributed by atoms with E-state index < -0.39 is 12.0 Å². The number of fused-ring (bicyclic) bond motifs is 4. The minimum absolute atomic E-state index is 0.0409. The van der Waals surface area contributed by atoms with Crippen LogP contribution in [0.4, 0.5) is 9.18 Å². The number of imidazole rings is 1. The molecule has 0 unspecified atom stereocenters. The highest BCUT2D eigenvalue weighted by atomic mass is 19.1. The molecule has 5 aromatic heterocycles. The van der Waals surface area contributed by atoms with Gasteiger partial charge in [0.25, 0.3) is 0 Å². The second-order valence-corrected chi connectivity index (χ2v) is 11.6. The third-order valence-corrected chi connectivity index (χ3v) is 8.67. The lowest BCUT2D eigenvalue weighted by Crippen LogP contribution is -2.33. The Hall–Kier alpha value is -4.94. The molecule has 1 fully saturated rings. The molecule has 5 heterocycles. The van der Waals surface area contributed by atoms with Crippen LogP contribution in [0.25, 0.3) is 55.4 Å². The summed E-state index contributed by atoms with van der Waals surface area (Å²) < 4.78 is 27.1. The van der Waals surface area contributed by atoms with Gasteiger partial charge in [-0.1, -0.05) is 6.07 Å². The monoisotopic (exact) mass is 585 g/mol. The van der Waals surface area contributed by atoms with Crippen molar-refractivity contribution in [1.82, 2.24) is 44.0 Å². The first kappa shape index (κ1) is 26.9. The number of hydrogen-bond acceptors (Lipinski definition) is 6. The van der Waals surface area contributed by atoms with Gasteiger partial charge >= 0.3 is 11.8 Å². The fraction of sp³-hybridized carbons (Fsp3) is 0.367. The van der Waals surface area contributed by atoms with Crippen LogP contribution in [0.15, 0.2) is 41.6 Å². The fourth-order valence-corrected chi connectivity index (χ4v) is 6.48. The highest BCUT2D eigenvalue weighted by Gasteiger charge is 2.32. The lowest BCUT2D eigenvalue weighted by atomic mass is 9.98. The number of carbonyl (C=O) groups excluding carboxylic acids is 1. The summed E-state index contributed by atoms with van der Waals surface area (Å²) in [5.74, 6) is -0.599. The molecule has 0 radical (unpaired) electrons. The summed E-state index contributed by atoms with van der Waals surface area (Å²) in [7, 11) is 4.95. The van der Waals surface area contributed by atoms with Crippen molar-refractivity contribution in [1.29, 1.82) is 0 Å². The van der Waals surface area contributed by atoms with E-state index in [-0.39, 0.29) is 23.8 Å². The highest BCUT2D eigenvalue weighted by molar-refractivity contribution is 6.14. The van der Waals surface area contributed by atoms with Gasteiger partial charge < -0.3 is 15.0 Å². The van der Waals surface area contributed by atoms with Gasteiger partial charge in [-0.2, -0.15) is 9.49 Å². The Morgan fingerprint density at radius 3 is 2.74 bits per heavy atom. The van der Waals surface area contributed by atoms with Crippen LogP contribution in [0.2, 0.25) is 0 Å². The molecule has 1 aliphatic rings. The molecule has 7 rings (SSSR count). The van der Waals surface area contributed by atoms with Crippen molar-refractivity contribution in [2.75, 3.05) is 7.11 Å². The molecule has 2 atom stereocenters. The van der Waals surface area contributed by atoms with Crippen molar-refractivity contribution in [3.63, 3.8) is 0 Å². The summed E-state index contributed by atoms with van der Waals surface area (Å²) in [6.07, 6.45) is 6.66. The maximum Gasteiger partial charge on any atom is 0.407 e. The number of aromatic nitrogens is 8. The Bertz CT molecular complexity index is 2110. The van der Waals surface area contributed by atoms with Gasteiger partial charge in [-0.15, -0.1) is 5.10 Å². The third-order valence-electron chi connectivity index (χ3n) is 8.67. The first-order valence-electron chi connectivity index (χ1n) is 14.3. The summed E-state index contributed by atoms with van der Waals surface area (Å²) in [6.45, 7) is 3.88. The van der Waals surface area contributed by atoms with Gasteiger partial charge in [-0.3, -0.25) is 18.5 Å². The van der Waals surface area contributed by atoms with Crippen LogP contribution in [0.5, 0.6) is 0 Å². The van der Waals surface area contributed by atoms with Crippen molar-refractivity contribution in [3.05, 3.63) is 53.2 Å². The van der Waals surface area contributed by atoms with E-state index in [1.54, 1.807) is 39.6 Å². The summed E-state index contributed by atoms with van der Waals surface area (Å²) in [5.41, 5.74) is 5.08. The number of ether oxygens (including phenoxy) is 1. The number of rotatable bonds is 5. The predicted octanol–water partition coefficient (Wildman–Crippen LogP) is 4.80. The third kappa shape index (κ3) is 4.13. The van der Waals surface area contributed by atoms with Crippen LogP contribution < -0.4 is 11.0 Å². The number of halogens is 1. The number of aromatic amines is 1. The van der Waals surface area contributed by atoms with Crippen LogP contribution in [-0.4, -0.2) is 57.9 Å². The van der Waals surface area contributed by atoms with E-state index in [1.165, 1.54) is 7.11 Å². The second-order valence-electron chi connectivity index (χ2n) is 11.6. The van der Waals surface area contributed by atoms with Gasteiger partial charge in [0.1, 0.15) is 5.65 Å². The van der Waals surface area contributed by atoms with Crippen molar-refractivity contribution < 1.29 is 13.9 Å². The molecular formula is C30H32FN9O3. The van der Waals surface area contributed by atoms with Crippen LogP contribution in [0.1, 0.15) is 45.2 Å². The van der Waals surface area contributed by atoms with Gasteiger partial charge in [-0.05, 0) is 50.8 Å². The highest BCUT2D eigenvalue weighted by Crippen LogP contribution is 2.43. The topological polar surface area (TPSA) is 130 Å². The molecule has 12 nitrogen and oxygen atoms in total. The number of benzene rings is 1. The largest absolute Gasteiger partial charge is 0.453 e. The molecule has 0 bridgehead atoms. The van der Waals surface area contributed by atoms with E-state index in [0.29, 0.717) is 47.2 Å². The number of H-pyrrole nitrogens is 1. The van der Waals surface area contributed by atoms with Crippen molar-refractivity contribution in [3.8, 4) is 22.4 Å². The molecule has 6 aromatic rings. The van der Waals surface area contributed by atoms with Gasteiger partial charge in [0.15, 0.2) is 0 Å². The minimum Gasteiger partial charge on any atom is -0.453 e. The molecular weight excluding hydrogens is 553 g/mol. The van der Waals surface area contributed by atoms with E-state index in [1.807, 2.05) is 43.7 Å². The quantitative estimate of drug-likeness (QED) is 0.299. The average molecular weight is 586 g/mol. The number of methoxy groups -OCH3 is 1. The lowest BCUT2D eigenvalue weighted by molar-refractivity contribution is 0.166. The van der Waals surface area contributed by atoms with E-state index in [2.05, 4.69) is 20.5 Å². The molecule has 2 N–H and O–H groups in total. The normalized spacial score (nSPS) is 17.2. The molecule has 1 amide bonds. The van der Waals surface area contributed by atoms with Crippen molar-refractivity contribution >= 4 is 39.1 Å². The predicted molar refractivity (Wildman–Crippen MR) is 160 cm³/mol. The maximum absolute atomic E-state index is 15.5. The van der Waals surface area contributed by atoms with Gasteiger partial charge in [0.05, 0.1) is 52.7 Å². The Morgan fingerprint density at radius 1 is 1.19 bits per heavy atom. The van der Waals surface area contributed by atoms with E-state index in [4.69, 9.17) is 9.72 Å². The summed E-state index contributed by atoms with van der Waals surface area (Å²) in [5, 5.41) is 13.1. The number of aryl methyl sites for hydroxylation is 2. The minimum atomic E-state index is -0.599. The number of nitrogens with zero attached hydrogens (tertiary/aromatic N) is 7. The number of nitrogens with one attached hydrogen (secondary N) is 2. The molecule has 1 saturated carbocycles. The lowest BCUT2D eigenvalue weighted by Gasteiger charge is -2.15. The van der Waals surface area contributed by atoms with E-state index in [0.717, 1.165) is 27.4 Å². The average Bonchev–Trinajstić information content (AvgIpc) is 3.80. The molecule has 1 aliphatic carbocycles. The van der Waals surface area contributed by atoms with Gasteiger partial charge in [-0.25, -0.2) is 14.6 Å². The second kappa shape index (κ2) is 9.82. The standard InChI is InChI=1S/C30H32FN9O3/c1-15(2)39-14-20(27(31)36-39)25-23(16-6-9-21-17(10-16)12-33-38(21)4)24-26-22(13-32-28(24)35-25)37(3)30(42)40(26)19-8-7-18(11-19)34-29(41)43-5/h6,9-10,12-15,18-19H,7-8,11H2,1-5H3,(H,32,35)(H,34,41)/t18-,19-/m1/s1. The molecule has 0 saturated heterocycles. The number of alkyl carbamates (subject to hydrolysis) is 1. The molecule has 0 spiro atoms. The van der Waals surface area contributed by atoms with Crippen LogP contribution in [0.3, 0.4) is 0 Å². The maximum atomic E-state index is 15.5. The summed E-state index contributed by atoms with van der Waals surface area (Å²) >= 11 is 0. The Kier molecular flexibility index (Phi) is 6.15. The first-order valence-corrected chi connectivity index (χ1v) is 14.3. The number of pyridine rings is 1. The van der Waals surface area contributed by atoms with Crippen molar-refractivity contribution in [2.24, 2.45) is 14.1 Å². The fourth-order valence-electron chi connectivity index (χ4n) is 6.48. The number of amides is 1. The number of carbonyl (C=O) groups is 1. The zero-order chi connectivity index (χ0) is 30.2. The smallest absolute Gasteiger partial charge is 0.407 e. The zero-order valence-electron chi connectivity index (χ0n) is 24.6. The number of hydrogen-bond donors (Lipinski definition) is 2. The van der Waals surface area contributed by atoms with Gasteiger partial charge in [0.2, 0.25) is 5.95 Å². The zero-order valence-corrected chi connectivity index (χ0v) is 24.6. The molecule has 222 valence electrons. The summed E-state index contributed by atoms with van der Waals surface area (Å²) in [4.78, 5) is 33.8. The van der Waals surface area contributed by atoms with Crippen LogP contribution in [0, 0.1) is 5.95 Å². The SMILES string of the molecule is COC(=O)N[C@@H]1CC[C@@H](n2c(=O)n(C)c3cnc4[nH]c(-c5cn(C(C)C)nc5F)c(-c5ccc6c(cnn6C)c5)c4c32)C1. The van der Waals surface area contributed by atoms with Crippen molar-refractivity contribution in [2.45, 2.75) is 51.2 Å².